The number of allylic oxidation sites excluding steroid dienone is 4. The Morgan fingerprint density at radius 2 is 1.78 bits per heavy atom. The smallest absolute Gasteiger partial charge is 0.141 e. The van der Waals surface area contributed by atoms with Crippen molar-refractivity contribution in [1.82, 2.24) is 0 Å². The fourth-order valence-electron chi connectivity index (χ4n) is 1.71. The number of phenolic OH excluding ortho intramolecular Hbond substituents is 2. The van der Waals surface area contributed by atoms with E-state index >= 15 is 0 Å². The molecule has 0 amide bonds. The van der Waals surface area contributed by atoms with E-state index in [1.54, 1.807) is 12.1 Å². The largest absolute Gasteiger partial charge is 0.507 e. The van der Waals surface area contributed by atoms with E-state index < -0.39 is 0 Å². The van der Waals surface area contributed by atoms with Crippen molar-refractivity contribution in [2.24, 2.45) is 0 Å². The SMILES string of the molecule is Oc1ccc(C2=CC(Br)(Br)CC(Br)=C2)c(O)c1Br. The van der Waals surface area contributed by atoms with Crippen molar-refractivity contribution in [2.75, 3.05) is 0 Å². The number of hydrogen-bond donors (Lipinski definition) is 2. The predicted molar refractivity (Wildman–Crippen MR) is 87.7 cm³/mol. The van der Waals surface area contributed by atoms with Crippen molar-refractivity contribution in [3.63, 3.8) is 0 Å². The fourth-order valence-corrected chi connectivity index (χ4v) is 4.59. The molecule has 0 aliphatic heterocycles. The first-order valence-corrected chi connectivity index (χ1v) is 8.15. The minimum Gasteiger partial charge on any atom is -0.507 e. The monoisotopic (exact) mass is 500 g/mol. The first kappa shape index (κ1) is 14.6. The lowest BCUT2D eigenvalue weighted by Crippen LogP contribution is -2.11. The van der Waals surface area contributed by atoms with Gasteiger partial charge in [0.15, 0.2) is 0 Å². The lowest BCUT2D eigenvalue weighted by atomic mass is 9.98. The highest BCUT2D eigenvalue weighted by Crippen LogP contribution is 2.46. The van der Waals surface area contributed by atoms with Gasteiger partial charge < -0.3 is 10.2 Å². The highest BCUT2D eigenvalue weighted by atomic mass is 79.9. The molecule has 6 heteroatoms. The second-order valence-corrected chi connectivity index (χ2v) is 9.63. The van der Waals surface area contributed by atoms with E-state index in [0.717, 1.165) is 16.5 Å². The lowest BCUT2D eigenvalue weighted by molar-refractivity contribution is 0.443. The van der Waals surface area contributed by atoms with Gasteiger partial charge >= 0.3 is 0 Å². The fraction of sp³-hybridized carbons (Fsp3) is 0.167. The maximum atomic E-state index is 10.1. The van der Waals surface area contributed by atoms with Crippen molar-refractivity contribution in [3.05, 3.63) is 38.8 Å². The van der Waals surface area contributed by atoms with Crippen LogP contribution in [-0.2, 0) is 0 Å². The third kappa shape index (κ3) is 3.03. The standard InChI is InChI=1S/C12H8Br4O2/c13-7-3-6(4-12(15,16)5-7)8-1-2-9(17)10(14)11(8)18/h1-4,17-18H,5H2. The Kier molecular flexibility index (Phi) is 4.31. The van der Waals surface area contributed by atoms with Crippen molar-refractivity contribution in [2.45, 2.75) is 9.65 Å². The third-order valence-electron chi connectivity index (χ3n) is 2.49. The molecule has 0 unspecified atom stereocenters. The van der Waals surface area contributed by atoms with Crippen LogP contribution in [0.25, 0.3) is 5.57 Å². The van der Waals surface area contributed by atoms with Crippen LogP contribution in [-0.4, -0.2) is 13.4 Å². The number of hydrogen-bond acceptors (Lipinski definition) is 2. The van der Waals surface area contributed by atoms with Gasteiger partial charge in [-0.2, -0.15) is 0 Å². The summed E-state index contributed by atoms with van der Waals surface area (Å²) in [5.41, 5.74) is 1.51. The van der Waals surface area contributed by atoms with Gasteiger partial charge in [0, 0.05) is 12.0 Å². The van der Waals surface area contributed by atoms with Crippen molar-refractivity contribution >= 4 is 69.3 Å². The highest BCUT2D eigenvalue weighted by Gasteiger charge is 2.26. The van der Waals surface area contributed by atoms with Crippen LogP contribution in [0.4, 0.5) is 0 Å². The van der Waals surface area contributed by atoms with Crippen molar-refractivity contribution in [3.8, 4) is 11.5 Å². The van der Waals surface area contributed by atoms with Gasteiger partial charge in [-0.3, -0.25) is 0 Å². The van der Waals surface area contributed by atoms with Crippen molar-refractivity contribution in [1.29, 1.82) is 0 Å². The second-order valence-electron chi connectivity index (χ2n) is 3.92. The Balaban J connectivity index is 2.56. The molecule has 1 aromatic carbocycles. The Bertz CT molecular complexity index is 561. The van der Waals surface area contributed by atoms with Crippen LogP contribution >= 0.6 is 63.7 Å². The molecule has 1 aliphatic carbocycles. The van der Waals surface area contributed by atoms with Crippen LogP contribution in [0.2, 0.25) is 0 Å². The van der Waals surface area contributed by atoms with E-state index in [1.807, 2.05) is 12.2 Å². The van der Waals surface area contributed by atoms with Gasteiger partial charge in [0.05, 0.1) is 0 Å². The second kappa shape index (κ2) is 5.31. The number of rotatable bonds is 1. The van der Waals surface area contributed by atoms with E-state index in [2.05, 4.69) is 63.7 Å². The molecule has 96 valence electrons. The summed E-state index contributed by atoms with van der Waals surface area (Å²) in [6.07, 6.45) is 4.69. The summed E-state index contributed by atoms with van der Waals surface area (Å²) in [6.45, 7) is 0. The molecule has 0 radical (unpaired) electrons. The topological polar surface area (TPSA) is 40.5 Å². The van der Waals surface area contributed by atoms with Crippen LogP contribution < -0.4 is 0 Å². The summed E-state index contributed by atoms with van der Waals surface area (Å²) >= 11 is 13.7. The molecule has 1 aliphatic rings. The maximum absolute atomic E-state index is 10.1. The van der Waals surface area contributed by atoms with E-state index in [9.17, 15) is 10.2 Å². The van der Waals surface area contributed by atoms with Gasteiger partial charge in [-0.15, -0.1) is 0 Å². The molecule has 0 fully saturated rings. The molecule has 2 rings (SSSR count). The van der Waals surface area contributed by atoms with Gasteiger partial charge in [-0.05, 0) is 50.3 Å². The molecular formula is C12H8Br4O2. The maximum Gasteiger partial charge on any atom is 0.141 e. The van der Waals surface area contributed by atoms with Crippen LogP contribution in [0.3, 0.4) is 0 Å². The normalized spacial score (nSPS) is 18.2. The number of alkyl halides is 2. The van der Waals surface area contributed by atoms with Gasteiger partial charge in [0.25, 0.3) is 0 Å². The molecule has 0 saturated carbocycles. The molecule has 0 atom stereocenters. The van der Waals surface area contributed by atoms with Crippen LogP contribution in [0.1, 0.15) is 12.0 Å². The molecule has 0 aromatic heterocycles. The number of aromatic hydroxyl groups is 2. The molecule has 0 spiro atoms. The quantitative estimate of drug-likeness (QED) is 0.503. The number of halogens is 4. The summed E-state index contributed by atoms with van der Waals surface area (Å²) in [6, 6.07) is 3.22. The molecule has 2 N–H and O–H groups in total. The van der Waals surface area contributed by atoms with Crippen LogP contribution in [0.5, 0.6) is 11.5 Å². The number of benzene rings is 1. The average Bonchev–Trinajstić information content (AvgIpc) is 2.23. The van der Waals surface area contributed by atoms with E-state index in [-0.39, 0.29) is 14.7 Å². The molecule has 0 saturated heterocycles. The predicted octanol–water partition coefficient (Wildman–Crippen LogP) is 5.41. The highest BCUT2D eigenvalue weighted by molar-refractivity contribution is 9.25. The molecule has 2 nitrogen and oxygen atoms in total. The summed E-state index contributed by atoms with van der Waals surface area (Å²) in [4.78, 5) is 0. The average molecular weight is 504 g/mol. The Labute approximate surface area is 138 Å². The van der Waals surface area contributed by atoms with E-state index in [0.29, 0.717) is 10.0 Å². The van der Waals surface area contributed by atoms with Gasteiger partial charge in [-0.25, -0.2) is 0 Å². The first-order chi connectivity index (χ1) is 8.30. The molecule has 1 aromatic rings. The molecule has 0 bridgehead atoms. The minimum atomic E-state index is -0.334. The third-order valence-corrected chi connectivity index (χ3v) is 4.80. The summed E-state index contributed by atoms with van der Waals surface area (Å²) < 4.78 is 0.975. The molecular weight excluding hydrogens is 496 g/mol. The zero-order valence-corrected chi connectivity index (χ0v) is 15.3. The summed E-state index contributed by atoms with van der Waals surface area (Å²) in [7, 11) is 0. The number of phenols is 2. The van der Waals surface area contributed by atoms with Gasteiger partial charge in [-0.1, -0.05) is 47.8 Å². The summed E-state index contributed by atoms with van der Waals surface area (Å²) in [5, 5.41) is 19.6. The van der Waals surface area contributed by atoms with Crippen molar-refractivity contribution < 1.29 is 10.2 Å². The minimum absolute atomic E-state index is 0.0136. The van der Waals surface area contributed by atoms with Crippen LogP contribution in [0.15, 0.2) is 33.2 Å². The Morgan fingerprint density at radius 1 is 1.11 bits per heavy atom. The lowest BCUT2D eigenvalue weighted by Gasteiger charge is -2.23. The Hall–Kier alpha value is 0.220. The van der Waals surface area contributed by atoms with Crippen LogP contribution in [0, 0.1) is 0 Å². The van der Waals surface area contributed by atoms with Gasteiger partial charge in [0.1, 0.15) is 19.2 Å². The first-order valence-electron chi connectivity index (χ1n) is 4.98. The molecule has 0 heterocycles. The molecule has 18 heavy (non-hydrogen) atoms. The van der Waals surface area contributed by atoms with Gasteiger partial charge in [0.2, 0.25) is 0 Å². The Morgan fingerprint density at radius 3 is 2.39 bits per heavy atom. The zero-order valence-electron chi connectivity index (χ0n) is 8.92. The summed E-state index contributed by atoms with van der Waals surface area (Å²) in [5.74, 6) is 0.0372. The zero-order chi connectivity index (χ0) is 13.5. The van der Waals surface area contributed by atoms with E-state index in [4.69, 9.17) is 0 Å². The van der Waals surface area contributed by atoms with E-state index in [1.165, 1.54) is 0 Å².